The van der Waals surface area contributed by atoms with Gasteiger partial charge >= 0.3 is 0 Å². The van der Waals surface area contributed by atoms with Gasteiger partial charge in [-0.15, -0.1) is 0 Å². The molecule has 0 saturated carbocycles. The predicted molar refractivity (Wildman–Crippen MR) is 49.6 cm³/mol. The highest BCUT2D eigenvalue weighted by Gasteiger charge is 2.40. The van der Waals surface area contributed by atoms with E-state index in [4.69, 9.17) is 9.15 Å². The molecule has 0 aromatic carbocycles. The van der Waals surface area contributed by atoms with Crippen molar-refractivity contribution in [2.45, 2.75) is 18.6 Å². The Bertz CT molecular complexity index is 360. The number of furan rings is 1. The molecule has 2 aliphatic rings. The topological polar surface area (TPSA) is 42.7 Å². The van der Waals surface area contributed by atoms with E-state index >= 15 is 0 Å². The summed E-state index contributed by atoms with van der Waals surface area (Å²) >= 11 is 0. The molecule has 2 saturated heterocycles. The number of rotatable bonds is 2. The highest BCUT2D eigenvalue weighted by Crippen LogP contribution is 2.33. The van der Waals surface area contributed by atoms with Crippen LogP contribution in [0.15, 0.2) is 16.5 Å². The van der Waals surface area contributed by atoms with E-state index in [0.29, 0.717) is 17.9 Å². The fourth-order valence-electron chi connectivity index (χ4n) is 2.23. The third-order valence-electron chi connectivity index (χ3n) is 2.91. The van der Waals surface area contributed by atoms with Crippen LogP contribution in [-0.4, -0.2) is 31.6 Å². The van der Waals surface area contributed by atoms with E-state index in [1.165, 1.54) is 0 Å². The number of nitrogens with zero attached hydrogens (tertiary/aromatic N) is 1. The van der Waals surface area contributed by atoms with Gasteiger partial charge in [0.05, 0.1) is 18.8 Å². The lowest BCUT2D eigenvalue weighted by Gasteiger charge is -2.26. The summed E-state index contributed by atoms with van der Waals surface area (Å²) in [5, 5.41) is 0. The van der Waals surface area contributed by atoms with E-state index < -0.39 is 0 Å². The second kappa shape index (κ2) is 2.85. The molecule has 2 bridgehead atoms. The van der Waals surface area contributed by atoms with Gasteiger partial charge in [-0.1, -0.05) is 0 Å². The van der Waals surface area contributed by atoms with Crippen LogP contribution < -0.4 is 4.90 Å². The van der Waals surface area contributed by atoms with Gasteiger partial charge in [0.1, 0.15) is 0 Å². The van der Waals surface area contributed by atoms with Gasteiger partial charge in [0.2, 0.25) is 0 Å². The number of carbonyl (C=O) groups is 1. The maximum absolute atomic E-state index is 10.5. The molecule has 2 aliphatic heterocycles. The Labute approximate surface area is 81.4 Å². The highest BCUT2D eigenvalue weighted by molar-refractivity contribution is 5.71. The average molecular weight is 193 g/mol. The van der Waals surface area contributed by atoms with E-state index in [2.05, 4.69) is 4.90 Å². The molecule has 0 radical (unpaired) electrons. The van der Waals surface area contributed by atoms with Gasteiger partial charge in [0.15, 0.2) is 17.9 Å². The van der Waals surface area contributed by atoms with E-state index in [-0.39, 0.29) is 0 Å². The summed E-state index contributed by atoms with van der Waals surface area (Å²) < 4.78 is 10.9. The van der Waals surface area contributed by atoms with Crippen molar-refractivity contribution in [3.8, 4) is 0 Å². The number of hydrogen-bond donors (Lipinski definition) is 0. The van der Waals surface area contributed by atoms with E-state index in [1.807, 2.05) is 6.07 Å². The van der Waals surface area contributed by atoms with Crippen LogP contribution in [-0.2, 0) is 4.74 Å². The SMILES string of the molecule is O=Cc1ccc(N2C[C@@H]3C[C@H]2CO3)o1. The summed E-state index contributed by atoms with van der Waals surface area (Å²) in [6, 6.07) is 3.99. The molecule has 14 heavy (non-hydrogen) atoms. The van der Waals surface area contributed by atoms with Crippen molar-refractivity contribution in [1.29, 1.82) is 0 Å². The smallest absolute Gasteiger partial charge is 0.196 e. The van der Waals surface area contributed by atoms with Gasteiger partial charge in [0.25, 0.3) is 0 Å². The lowest BCUT2D eigenvalue weighted by atomic mass is 10.2. The molecule has 0 N–H and O–H groups in total. The minimum absolute atomic E-state index is 0.352. The molecule has 74 valence electrons. The molecule has 0 spiro atoms. The first-order valence-corrected chi connectivity index (χ1v) is 4.80. The average Bonchev–Trinajstić information content (AvgIpc) is 2.93. The van der Waals surface area contributed by atoms with Crippen LogP contribution in [0.1, 0.15) is 17.0 Å². The van der Waals surface area contributed by atoms with Gasteiger partial charge in [-0.3, -0.25) is 4.79 Å². The lowest BCUT2D eigenvalue weighted by Crippen LogP contribution is -2.36. The summed E-state index contributed by atoms with van der Waals surface area (Å²) in [6.45, 7) is 1.66. The maximum atomic E-state index is 10.5. The van der Waals surface area contributed by atoms with Gasteiger partial charge in [-0.25, -0.2) is 0 Å². The molecule has 2 atom stereocenters. The largest absolute Gasteiger partial charge is 0.438 e. The molecule has 1 aromatic rings. The normalized spacial score (nSPS) is 29.9. The second-order valence-electron chi connectivity index (χ2n) is 3.79. The molecule has 3 heterocycles. The molecule has 0 amide bonds. The van der Waals surface area contributed by atoms with Crippen molar-refractivity contribution in [3.63, 3.8) is 0 Å². The Kier molecular flexibility index (Phi) is 1.64. The van der Waals surface area contributed by atoms with Gasteiger partial charge in [-0.05, 0) is 12.5 Å². The zero-order chi connectivity index (χ0) is 9.54. The number of morpholine rings is 1. The van der Waals surface area contributed by atoms with Crippen LogP contribution in [0.3, 0.4) is 0 Å². The summed E-state index contributed by atoms with van der Waals surface area (Å²) in [6.07, 6.45) is 2.16. The summed E-state index contributed by atoms with van der Waals surface area (Å²) in [4.78, 5) is 12.6. The van der Waals surface area contributed by atoms with Crippen LogP contribution in [0.2, 0.25) is 0 Å². The van der Waals surface area contributed by atoms with Gasteiger partial charge in [-0.2, -0.15) is 0 Å². The first-order valence-electron chi connectivity index (χ1n) is 4.80. The van der Waals surface area contributed by atoms with Gasteiger partial charge in [0, 0.05) is 12.6 Å². The predicted octanol–water partition coefficient (Wildman–Crippen LogP) is 1.07. The molecule has 1 aromatic heterocycles. The number of hydrogen-bond acceptors (Lipinski definition) is 4. The number of anilines is 1. The standard InChI is InChI=1S/C10H11NO3/c12-5-8-1-2-10(14-8)11-4-9-3-7(11)6-13-9/h1-2,5,7,9H,3-4,6H2/t7-,9-/m0/s1. The minimum Gasteiger partial charge on any atom is -0.438 e. The number of fused-ring (bicyclic) bond motifs is 2. The maximum Gasteiger partial charge on any atom is 0.196 e. The van der Waals surface area contributed by atoms with E-state index in [1.54, 1.807) is 6.07 Å². The Balaban J connectivity index is 1.85. The van der Waals surface area contributed by atoms with Crippen molar-refractivity contribution in [2.24, 2.45) is 0 Å². The monoisotopic (exact) mass is 193 g/mol. The number of carbonyl (C=O) groups excluding carboxylic acids is 1. The summed E-state index contributed by atoms with van der Waals surface area (Å²) in [7, 11) is 0. The molecule has 3 rings (SSSR count). The lowest BCUT2D eigenvalue weighted by molar-refractivity contribution is 0.0975. The second-order valence-corrected chi connectivity index (χ2v) is 3.79. The van der Waals surface area contributed by atoms with Crippen molar-refractivity contribution >= 4 is 12.2 Å². The summed E-state index contributed by atoms with van der Waals surface area (Å²) in [5.41, 5.74) is 0. The zero-order valence-electron chi connectivity index (χ0n) is 7.68. The van der Waals surface area contributed by atoms with Crippen LogP contribution in [0, 0.1) is 0 Å². The first-order chi connectivity index (χ1) is 6.86. The summed E-state index contributed by atoms with van der Waals surface area (Å²) in [5.74, 6) is 1.19. The fourth-order valence-corrected chi connectivity index (χ4v) is 2.23. The minimum atomic E-state index is 0.352. The molecule has 4 heteroatoms. The quantitative estimate of drug-likeness (QED) is 0.659. The van der Waals surface area contributed by atoms with Crippen molar-refractivity contribution in [2.75, 3.05) is 18.1 Å². The molecule has 4 nitrogen and oxygen atoms in total. The van der Waals surface area contributed by atoms with Gasteiger partial charge < -0.3 is 14.1 Å². The fraction of sp³-hybridized carbons (Fsp3) is 0.500. The Hall–Kier alpha value is -1.29. The van der Waals surface area contributed by atoms with Crippen LogP contribution >= 0.6 is 0 Å². The third kappa shape index (κ3) is 1.07. The molecular weight excluding hydrogens is 182 g/mol. The Morgan fingerprint density at radius 1 is 1.50 bits per heavy atom. The molecule has 0 aliphatic carbocycles. The van der Waals surface area contributed by atoms with Crippen LogP contribution in [0.4, 0.5) is 5.88 Å². The highest BCUT2D eigenvalue weighted by atomic mass is 16.5. The Morgan fingerprint density at radius 2 is 2.43 bits per heavy atom. The third-order valence-corrected chi connectivity index (χ3v) is 2.91. The Morgan fingerprint density at radius 3 is 3.00 bits per heavy atom. The first kappa shape index (κ1) is 8.05. The zero-order valence-corrected chi connectivity index (χ0v) is 7.68. The number of aldehydes is 1. The number of ether oxygens (including phenoxy) is 1. The van der Waals surface area contributed by atoms with Crippen LogP contribution in [0.5, 0.6) is 0 Å². The van der Waals surface area contributed by atoms with Crippen molar-refractivity contribution in [3.05, 3.63) is 17.9 Å². The molecule has 0 unspecified atom stereocenters. The molecular formula is C10H11NO3. The van der Waals surface area contributed by atoms with E-state index in [9.17, 15) is 4.79 Å². The van der Waals surface area contributed by atoms with Crippen LogP contribution in [0.25, 0.3) is 0 Å². The van der Waals surface area contributed by atoms with Crippen molar-refractivity contribution in [1.82, 2.24) is 0 Å². The van der Waals surface area contributed by atoms with Crippen molar-refractivity contribution < 1.29 is 13.9 Å². The molecule has 2 fully saturated rings. The van der Waals surface area contributed by atoms with E-state index in [0.717, 1.165) is 31.7 Å².